The van der Waals surface area contributed by atoms with Crippen LogP contribution in [0.2, 0.25) is 5.15 Å². The number of nitrogens with zero attached hydrogens (tertiary/aromatic N) is 3. The van der Waals surface area contributed by atoms with Gasteiger partial charge in [0, 0.05) is 32.4 Å². The van der Waals surface area contributed by atoms with E-state index in [1.54, 1.807) is 6.07 Å². The number of hydrogen-bond acceptors (Lipinski definition) is 5. The molecule has 102 valence electrons. The highest BCUT2D eigenvalue weighted by atomic mass is 35.5. The van der Waals surface area contributed by atoms with Crippen LogP contribution in [0.5, 0.6) is 0 Å². The summed E-state index contributed by atoms with van der Waals surface area (Å²) in [6.45, 7) is 8.21. The Labute approximate surface area is 113 Å². The average Bonchev–Trinajstić information content (AvgIpc) is 2.37. The zero-order valence-corrected chi connectivity index (χ0v) is 11.7. The van der Waals surface area contributed by atoms with Gasteiger partial charge in [0.25, 0.3) is 0 Å². The van der Waals surface area contributed by atoms with Gasteiger partial charge in [0.1, 0.15) is 17.3 Å². The van der Waals surface area contributed by atoms with Gasteiger partial charge >= 0.3 is 0 Å². The molecule has 5 nitrogen and oxygen atoms in total. The summed E-state index contributed by atoms with van der Waals surface area (Å²) in [5, 5.41) is 0.442. The van der Waals surface area contributed by atoms with E-state index < -0.39 is 0 Å². The van der Waals surface area contributed by atoms with Crippen LogP contribution in [-0.2, 0) is 9.47 Å². The third-order valence-corrected chi connectivity index (χ3v) is 2.57. The van der Waals surface area contributed by atoms with E-state index in [9.17, 15) is 0 Å². The van der Waals surface area contributed by atoms with Crippen molar-refractivity contribution in [2.24, 2.45) is 0 Å². The third kappa shape index (κ3) is 5.62. The summed E-state index contributed by atoms with van der Waals surface area (Å²) in [6.07, 6.45) is 1.46. The van der Waals surface area contributed by atoms with Crippen molar-refractivity contribution in [2.45, 2.75) is 13.8 Å². The van der Waals surface area contributed by atoms with Crippen LogP contribution in [0.3, 0.4) is 0 Å². The zero-order chi connectivity index (χ0) is 13.2. The fourth-order valence-electron chi connectivity index (χ4n) is 1.48. The molecule has 0 aromatic carbocycles. The molecule has 0 fully saturated rings. The minimum atomic E-state index is 0.442. The van der Waals surface area contributed by atoms with Crippen LogP contribution in [0, 0.1) is 0 Å². The van der Waals surface area contributed by atoms with Crippen LogP contribution in [-0.4, -0.2) is 49.5 Å². The quantitative estimate of drug-likeness (QED) is 0.509. The van der Waals surface area contributed by atoms with Crippen molar-refractivity contribution < 1.29 is 9.47 Å². The van der Waals surface area contributed by atoms with E-state index in [0.29, 0.717) is 31.6 Å². The average molecular weight is 274 g/mol. The van der Waals surface area contributed by atoms with Crippen LogP contribution in [0.25, 0.3) is 0 Å². The first-order valence-corrected chi connectivity index (χ1v) is 6.53. The smallest absolute Gasteiger partial charge is 0.134 e. The predicted molar refractivity (Wildman–Crippen MR) is 72.2 cm³/mol. The largest absolute Gasteiger partial charge is 0.380 e. The van der Waals surface area contributed by atoms with Crippen molar-refractivity contribution in [3.8, 4) is 0 Å². The topological polar surface area (TPSA) is 47.5 Å². The van der Waals surface area contributed by atoms with Gasteiger partial charge in [-0.2, -0.15) is 0 Å². The summed E-state index contributed by atoms with van der Waals surface area (Å²) in [5.41, 5.74) is 0. The van der Waals surface area contributed by atoms with Crippen molar-refractivity contribution in [2.75, 3.05) is 44.4 Å². The number of rotatable bonds is 9. The van der Waals surface area contributed by atoms with Crippen molar-refractivity contribution in [1.82, 2.24) is 9.97 Å². The Bertz CT molecular complexity index is 329. The summed E-state index contributed by atoms with van der Waals surface area (Å²) < 4.78 is 10.7. The number of ether oxygens (including phenoxy) is 2. The van der Waals surface area contributed by atoms with Crippen LogP contribution in [0.1, 0.15) is 13.8 Å². The van der Waals surface area contributed by atoms with Gasteiger partial charge in [0.2, 0.25) is 0 Å². The Balaban J connectivity index is 2.57. The van der Waals surface area contributed by atoms with Gasteiger partial charge in [0.05, 0.1) is 13.2 Å². The number of hydrogen-bond donors (Lipinski definition) is 0. The van der Waals surface area contributed by atoms with Gasteiger partial charge in [-0.3, -0.25) is 0 Å². The molecule has 0 amide bonds. The summed E-state index contributed by atoms with van der Waals surface area (Å²) in [5.74, 6) is 0.800. The zero-order valence-electron chi connectivity index (χ0n) is 10.9. The van der Waals surface area contributed by atoms with E-state index in [1.807, 2.05) is 13.8 Å². The lowest BCUT2D eigenvalue weighted by molar-refractivity contribution is 0.141. The first kappa shape index (κ1) is 15.1. The number of halogens is 1. The first-order valence-electron chi connectivity index (χ1n) is 6.15. The van der Waals surface area contributed by atoms with E-state index in [2.05, 4.69) is 14.9 Å². The second-order valence-electron chi connectivity index (χ2n) is 3.58. The molecule has 0 spiro atoms. The Kier molecular flexibility index (Phi) is 7.64. The highest BCUT2D eigenvalue weighted by Crippen LogP contribution is 2.13. The maximum absolute atomic E-state index is 5.87. The molecule has 18 heavy (non-hydrogen) atoms. The van der Waals surface area contributed by atoms with Crippen molar-refractivity contribution in [1.29, 1.82) is 0 Å². The lowest BCUT2D eigenvalue weighted by Gasteiger charge is -2.23. The maximum atomic E-state index is 5.87. The van der Waals surface area contributed by atoms with Crippen molar-refractivity contribution in [3.05, 3.63) is 17.5 Å². The van der Waals surface area contributed by atoms with E-state index in [0.717, 1.165) is 18.9 Å². The molecule has 1 rings (SSSR count). The second-order valence-corrected chi connectivity index (χ2v) is 3.97. The molecular weight excluding hydrogens is 254 g/mol. The number of anilines is 1. The molecule has 6 heteroatoms. The fraction of sp³-hybridized carbons (Fsp3) is 0.667. The van der Waals surface area contributed by atoms with Crippen LogP contribution < -0.4 is 4.90 Å². The summed E-state index contributed by atoms with van der Waals surface area (Å²) in [6, 6.07) is 1.75. The molecule has 0 saturated heterocycles. The molecule has 1 aromatic rings. The molecule has 0 unspecified atom stereocenters. The van der Waals surface area contributed by atoms with Crippen molar-refractivity contribution >= 4 is 17.4 Å². The van der Waals surface area contributed by atoms with Crippen LogP contribution in [0.15, 0.2) is 12.4 Å². The monoisotopic (exact) mass is 273 g/mol. The standard InChI is InChI=1S/C12H20ClN3O2/c1-3-17-7-5-16(6-8-18-4-2)12-9-11(13)14-10-15-12/h9-10H,3-8H2,1-2H3. The minimum Gasteiger partial charge on any atom is -0.380 e. The second kappa shape index (κ2) is 9.08. The molecule has 1 aromatic heterocycles. The minimum absolute atomic E-state index is 0.442. The van der Waals surface area contributed by atoms with Gasteiger partial charge in [-0.05, 0) is 13.8 Å². The summed E-state index contributed by atoms with van der Waals surface area (Å²) >= 11 is 5.87. The molecule has 0 aliphatic heterocycles. The van der Waals surface area contributed by atoms with Gasteiger partial charge in [-0.25, -0.2) is 9.97 Å². The summed E-state index contributed by atoms with van der Waals surface area (Å²) in [4.78, 5) is 10.2. The van der Waals surface area contributed by atoms with E-state index in [4.69, 9.17) is 21.1 Å². The lowest BCUT2D eigenvalue weighted by Crippen LogP contribution is -2.31. The predicted octanol–water partition coefficient (Wildman–Crippen LogP) is 2.01. The molecule has 0 aliphatic rings. The molecule has 0 N–H and O–H groups in total. The van der Waals surface area contributed by atoms with Gasteiger partial charge < -0.3 is 14.4 Å². The molecule has 0 saturated carbocycles. The molecule has 0 radical (unpaired) electrons. The highest BCUT2D eigenvalue weighted by Gasteiger charge is 2.08. The Morgan fingerprint density at radius 3 is 2.22 bits per heavy atom. The van der Waals surface area contributed by atoms with Gasteiger partial charge in [0.15, 0.2) is 0 Å². The SMILES string of the molecule is CCOCCN(CCOCC)c1cc(Cl)ncn1. The lowest BCUT2D eigenvalue weighted by atomic mass is 10.4. The molecular formula is C12H20ClN3O2. The van der Waals surface area contributed by atoms with E-state index >= 15 is 0 Å². The normalized spacial score (nSPS) is 10.6. The third-order valence-electron chi connectivity index (χ3n) is 2.36. The fourth-order valence-corrected chi connectivity index (χ4v) is 1.62. The Morgan fingerprint density at radius 1 is 1.11 bits per heavy atom. The Morgan fingerprint density at radius 2 is 1.72 bits per heavy atom. The van der Waals surface area contributed by atoms with Gasteiger partial charge in [-0.1, -0.05) is 11.6 Å². The molecule has 0 aliphatic carbocycles. The molecule has 1 heterocycles. The number of aromatic nitrogens is 2. The molecule has 0 bridgehead atoms. The molecule has 0 atom stereocenters. The Hall–Kier alpha value is -0.910. The van der Waals surface area contributed by atoms with Crippen LogP contribution in [0.4, 0.5) is 5.82 Å². The van der Waals surface area contributed by atoms with Crippen LogP contribution >= 0.6 is 11.6 Å². The highest BCUT2D eigenvalue weighted by molar-refractivity contribution is 6.29. The summed E-state index contributed by atoms with van der Waals surface area (Å²) in [7, 11) is 0. The first-order chi connectivity index (χ1) is 8.77. The van der Waals surface area contributed by atoms with E-state index in [-0.39, 0.29) is 0 Å². The van der Waals surface area contributed by atoms with Crippen molar-refractivity contribution in [3.63, 3.8) is 0 Å². The van der Waals surface area contributed by atoms with Gasteiger partial charge in [-0.15, -0.1) is 0 Å². The maximum Gasteiger partial charge on any atom is 0.134 e. The van der Waals surface area contributed by atoms with E-state index in [1.165, 1.54) is 6.33 Å².